The number of ether oxygens (including phenoxy) is 1. The summed E-state index contributed by atoms with van der Waals surface area (Å²) in [5.41, 5.74) is 2.96. The monoisotopic (exact) mass is 278 g/mol. The maximum Gasteiger partial charge on any atom is 0.121 e. The van der Waals surface area contributed by atoms with E-state index in [-0.39, 0.29) is 6.61 Å². The average molecular weight is 279 g/mol. The molecule has 2 N–H and O–H groups in total. The lowest BCUT2D eigenvalue weighted by Crippen LogP contribution is -2.39. The molecule has 1 aromatic rings. The zero-order valence-corrected chi connectivity index (χ0v) is 11.3. The number of hydrazine groups is 1. The van der Waals surface area contributed by atoms with E-state index in [9.17, 15) is 5.11 Å². The Hall–Kier alpha value is -0.520. The molecule has 0 bridgehead atoms. The lowest BCUT2D eigenvalue weighted by Gasteiger charge is -2.16. The van der Waals surface area contributed by atoms with E-state index < -0.39 is 6.10 Å². The van der Waals surface area contributed by atoms with Gasteiger partial charge in [0.15, 0.2) is 0 Å². The summed E-state index contributed by atoms with van der Waals surface area (Å²) >= 11 is 11.6. The Morgan fingerprint density at radius 1 is 1.35 bits per heavy atom. The van der Waals surface area contributed by atoms with Gasteiger partial charge in [0.1, 0.15) is 18.5 Å². The molecule has 0 fully saturated rings. The Kier molecular flexibility index (Phi) is 6.02. The van der Waals surface area contributed by atoms with E-state index in [1.54, 1.807) is 23.2 Å². The second kappa shape index (κ2) is 7.03. The Balaban J connectivity index is 2.36. The van der Waals surface area contributed by atoms with E-state index in [2.05, 4.69) is 5.43 Å². The topological polar surface area (TPSA) is 44.7 Å². The Labute approximate surface area is 111 Å². The van der Waals surface area contributed by atoms with Crippen LogP contribution in [0, 0.1) is 0 Å². The lowest BCUT2D eigenvalue weighted by molar-refractivity contribution is 0.0884. The smallest absolute Gasteiger partial charge is 0.121 e. The summed E-state index contributed by atoms with van der Waals surface area (Å²) in [5.74, 6) is 0.586. The Morgan fingerprint density at radius 2 is 2.06 bits per heavy atom. The van der Waals surface area contributed by atoms with Gasteiger partial charge in [-0.1, -0.05) is 23.2 Å². The Morgan fingerprint density at radius 3 is 2.65 bits per heavy atom. The SMILES string of the molecule is CN(C)NCC(O)COc1ccc(Cl)c(Cl)c1. The van der Waals surface area contributed by atoms with Crippen LogP contribution < -0.4 is 10.2 Å². The molecular formula is C11H16Cl2N2O2. The molecule has 1 aromatic carbocycles. The molecule has 0 aliphatic heterocycles. The van der Waals surface area contributed by atoms with Crippen molar-refractivity contribution < 1.29 is 9.84 Å². The van der Waals surface area contributed by atoms with E-state index in [1.165, 1.54) is 0 Å². The highest BCUT2D eigenvalue weighted by Crippen LogP contribution is 2.26. The van der Waals surface area contributed by atoms with Crippen molar-refractivity contribution in [3.8, 4) is 5.75 Å². The second-order valence-electron chi connectivity index (χ2n) is 3.80. The first-order valence-electron chi connectivity index (χ1n) is 5.16. The summed E-state index contributed by atoms with van der Waals surface area (Å²) in [5, 5.41) is 12.3. The molecule has 0 aliphatic rings. The van der Waals surface area contributed by atoms with Crippen molar-refractivity contribution in [3.05, 3.63) is 28.2 Å². The molecule has 0 heterocycles. The number of rotatable bonds is 6. The van der Waals surface area contributed by atoms with E-state index in [1.807, 2.05) is 14.1 Å². The van der Waals surface area contributed by atoms with Crippen molar-refractivity contribution in [1.29, 1.82) is 0 Å². The van der Waals surface area contributed by atoms with Crippen LogP contribution in [-0.2, 0) is 0 Å². The fourth-order valence-electron chi connectivity index (χ4n) is 1.11. The molecular weight excluding hydrogens is 263 g/mol. The van der Waals surface area contributed by atoms with Gasteiger partial charge in [-0.3, -0.25) is 10.4 Å². The summed E-state index contributed by atoms with van der Waals surface area (Å²) < 4.78 is 5.38. The molecule has 0 aliphatic carbocycles. The highest BCUT2D eigenvalue weighted by molar-refractivity contribution is 6.42. The minimum atomic E-state index is -0.591. The average Bonchev–Trinajstić information content (AvgIpc) is 2.28. The number of halogens is 2. The van der Waals surface area contributed by atoms with E-state index in [4.69, 9.17) is 27.9 Å². The molecule has 0 amide bonds. The van der Waals surface area contributed by atoms with Crippen LogP contribution in [0.4, 0.5) is 0 Å². The van der Waals surface area contributed by atoms with E-state index >= 15 is 0 Å². The van der Waals surface area contributed by atoms with Gasteiger partial charge in [0, 0.05) is 26.7 Å². The van der Waals surface area contributed by atoms with Crippen LogP contribution in [0.5, 0.6) is 5.75 Å². The lowest BCUT2D eigenvalue weighted by atomic mass is 10.3. The third-order valence-electron chi connectivity index (χ3n) is 1.98. The minimum absolute atomic E-state index is 0.193. The third kappa shape index (κ3) is 5.57. The normalized spacial score (nSPS) is 12.8. The fourth-order valence-corrected chi connectivity index (χ4v) is 1.39. The van der Waals surface area contributed by atoms with Gasteiger partial charge >= 0.3 is 0 Å². The van der Waals surface area contributed by atoms with E-state index in [0.717, 1.165) is 0 Å². The minimum Gasteiger partial charge on any atom is -0.491 e. The van der Waals surface area contributed by atoms with Crippen molar-refractivity contribution in [2.24, 2.45) is 0 Å². The molecule has 4 nitrogen and oxygen atoms in total. The van der Waals surface area contributed by atoms with E-state index in [0.29, 0.717) is 22.3 Å². The number of hydrogen-bond acceptors (Lipinski definition) is 4. The Bertz CT molecular complexity index is 361. The molecule has 0 saturated heterocycles. The van der Waals surface area contributed by atoms with Crippen LogP contribution in [0.25, 0.3) is 0 Å². The maximum atomic E-state index is 9.61. The number of benzene rings is 1. The molecule has 0 radical (unpaired) electrons. The van der Waals surface area contributed by atoms with Crippen LogP contribution in [0.1, 0.15) is 0 Å². The van der Waals surface area contributed by atoms with Gasteiger partial charge in [-0.05, 0) is 12.1 Å². The molecule has 1 atom stereocenters. The van der Waals surface area contributed by atoms with Crippen molar-refractivity contribution in [2.45, 2.75) is 6.10 Å². The third-order valence-corrected chi connectivity index (χ3v) is 2.72. The van der Waals surface area contributed by atoms with Crippen LogP contribution >= 0.6 is 23.2 Å². The predicted octanol–water partition coefficient (Wildman–Crippen LogP) is 1.80. The molecule has 17 heavy (non-hydrogen) atoms. The highest BCUT2D eigenvalue weighted by Gasteiger charge is 2.06. The quantitative estimate of drug-likeness (QED) is 0.779. The van der Waals surface area contributed by atoms with Gasteiger partial charge in [-0.25, -0.2) is 0 Å². The molecule has 1 unspecified atom stereocenters. The molecule has 96 valence electrons. The standard InChI is InChI=1S/C11H16Cl2N2O2/c1-15(2)14-6-8(16)7-17-9-3-4-10(12)11(13)5-9/h3-5,8,14,16H,6-7H2,1-2H3. The molecule has 1 rings (SSSR count). The number of aliphatic hydroxyl groups is 1. The first kappa shape index (κ1) is 14.5. The van der Waals surface area contributed by atoms with Crippen molar-refractivity contribution in [3.63, 3.8) is 0 Å². The largest absolute Gasteiger partial charge is 0.491 e. The van der Waals surface area contributed by atoms with Gasteiger partial charge in [0.25, 0.3) is 0 Å². The number of aliphatic hydroxyl groups excluding tert-OH is 1. The van der Waals surface area contributed by atoms with Crippen LogP contribution in [-0.4, -0.2) is 43.5 Å². The van der Waals surface area contributed by atoms with Gasteiger partial charge in [0.05, 0.1) is 10.0 Å². The number of hydrogen-bond donors (Lipinski definition) is 2. The fraction of sp³-hybridized carbons (Fsp3) is 0.455. The second-order valence-corrected chi connectivity index (χ2v) is 4.61. The zero-order chi connectivity index (χ0) is 12.8. The van der Waals surface area contributed by atoms with Gasteiger partial charge in [-0.2, -0.15) is 0 Å². The summed E-state index contributed by atoms with van der Waals surface area (Å²) in [7, 11) is 3.71. The molecule has 0 aromatic heterocycles. The molecule has 0 saturated carbocycles. The number of nitrogens with zero attached hydrogens (tertiary/aromatic N) is 1. The summed E-state index contributed by atoms with van der Waals surface area (Å²) in [6.07, 6.45) is -0.591. The van der Waals surface area contributed by atoms with Crippen molar-refractivity contribution in [2.75, 3.05) is 27.2 Å². The summed E-state index contributed by atoms with van der Waals surface area (Å²) in [6, 6.07) is 4.99. The first-order valence-corrected chi connectivity index (χ1v) is 5.91. The first-order chi connectivity index (χ1) is 7.99. The molecule has 0 spiro atoms. The van der Waals surface area contributed by atoms with Gasteiger partial charge in [-0.15, -0.1) is 0 Å². The number of nitrogens with one attached hydrogen (secondary N) is 1. The van der Waals surface area contributed by atoms with Crippen LogP contribution in [0.15, 0.2) is 18.2 Å². The van der Waals surface area contributed by atoms with Gasteiger partial charge < -0.3 is 9.84 Å². The summed E-state index contributed by atoms with van der Waals surface area (Å²) in [4.78, 5) is 0. The highest BCUT2D eigenvalue weighted by atomic mass is 35.5. The van der Waals surface area contributed by atoms with Crippen molar-refractivity contribution >= 4 is 23.2 Å². The zero-order valence-electron chi connectivity index (χ0n) is 9.78. The van der Waals surface area contributed by atoms with Crippen LogP contribution in [0.3, 0.4) is 0 Å². The predicted molar refractivity (Wildman–Crippen MR) is 69.7 cm³/mol. The maximum absolute atomic E-state index is 9.61. The van der Waals surface area contributed by atoms with Crippen molar-refractivity contribution in [1.82, 2.24) is 10.4 Å². The van der Waals surface area contributed by atoms with Crippen LogP contribution in [0.2, 0.25) is 10.0 Å². The molecule has 6 heteroatoms. The van der Waals surface area contributed by atoms with Gasteiger partial charge in [0.2, 0.25) is 0 Å². The summed E-state index contributed by atoms with van der Waals surface area (Å²) in [6.45, 7) is 0.618.